The first-order chi connectivity index (χ1) is 37.8. The summed E-state index contributed by atoms with van der Waals surface area (Å²) in [5, 5.41) is 0. The molecule has 0 aromatic heterocycles. The van der Waals surface area contributed by atoms with E-state index in [1.807, 2.05) is 0 Å². The van der Waals surface area contributed by atoms with Gasteiger partial charge in [-0.1, -0.05) is 294 Å². The van der Waals surface area contributed by atoms with Crippen molar-refractivity contribution in [1.29, 1.82) is 0 Å². The fourth-order valence-corrected chi connectivity index (χ4v) is 10.5. The average Bonchev–Trinajstić information content (AvgIpc) is 3.42. The van der Waals surface area contributed by atoms with E-state index in [4.69, 9.17) is 24.3 Å². The molecule has 0 aromatic carbocycles. The molecule has 0 amide bonds. The summed E-state index contributed by atoms with van der Waals surface area (Å²) in [6, 6.07) is 0. The molecule has 0 aliphatic carbocycles. The average molecular weight is 1100 g/mol. The second-order valence-electron chi connectivity index (χ2n) is 22.3. The van der Waals surface area contributed by atoms with Crippen LogP contribution in [0.4, 0.5) is 0 Å². The Kier molecular flexibility index (Phi) is 61.5. The van der Waals surface area contributed by atoms with Crippen LogP contribution in [0.15, 0.2) is 48.6 Å². The van der Waals surface area contributed by atoms with Gasteiger partial charge in [-0.3, -0.25) is 18.6 Å². The molecule has 0 aliphatic heterocycles. The Balaban J connectivity index is 3.83. The lowest BCUT2D eigenvalue weighted by molar-refractivity contribution is -0.161. The van der Waals surface area contributed by atoms with Crippen molar-refractivity contribution in [2.24, 2.45) is 5.73 Å². The van der Waals surface area contributed by atoms with Gasteiger partial charge in [-0.05, 0) is 77.0 Å². The largest absolute Gasteiger partial charge is 0.472 e. The molecule has 77 heavy (non-hydrogen) atoms. The van der Waals surface area contributed by atoms with Gasteiger partial charge in [0.05, 0.1) is 13.2 Å². The fourth-order valence-electron chi connectivity index (χ4n) is 9.76. The van der Waals surface area contributed by atoms with Gasteiger partial charge in [0, 0.05) is 19.4 Å². The molecule has 0 aliphatic rings. The highest BCUT2D eigenvalue weighted by Gasteiger charge is 2.26. The Labute approximate surface area is 477 Å². The Bertz CT molecular complexity index is 1400. The molecule has 3 N–H and O–H groups in total. The van der Waals surface area contributed by atoms with Crippen molar-refractivity contribution in [3.8, 4) is 0 Å². The highest BCUT2D eigenvalue weighted by atomic mass is 31.2. The molecule has 0 heterocycles. The van der Waals surface area contributed by atoms with E-state index in [1.165, 1.54) is 231 Å². The lowest BCUT2D eigenvalue weighted by atomic mass is 10.0. The van der Waals surface area contributed by atoms with E-state index in [-0.39, 0.29) is 38.6 Å². The molecule has 452 valence electrons. The monoisotopic (exact) mass is 1100 g/mol. The van der Waals surface area contributed by atoms with Gasteiger partial charge in [0.15, 0.2) is 6.10 Å². The third-order valence-electron chi connectivity index (χ3n) is 14.7. The second-order valence-corrected chi connectivity index (χ2v) is 23.8. The van der Waals surface area contributed by atoms with E-state index < -0.39 is 26.5 Å². The van der Waals surface area contributed by atoms with Gasteiger partial charge in [0.25, 0.3) is 0 Å². The molecular weight excluding hydrogens is 978 g/mol. The van der Waals surface area contributed by atoms with Gasteiger partial charge in [0.2, 0.25) is 0 Å². The topological polar surface area (TPSA) is 134 Å². The number of rotatable bonds is 63. The number of hydrogen-bond donors (Lipinski definition) is 2. The van der Waals surface area contributed by atoms with Gasteiger partial charge in [-0.15, -0.1) is 0 Å². The first kappa shape index (κ1) is 75.0. The first-order valence-corrected chi connectivity index (χ1v) is 34.6. The van der Waals surface area contributed by atoms with E-state index in [1.54, 1.807) is 0 Å². The number of phosphoric ester groups is 1. The van der Waals surface area contributed by atoms with Gasteiger partial charge in [-0.25, -0.2) is 4.57 Å². The molecule has 0 aromatic rings. The number of hydrogen-bond acceptors (Lipinski definition) is 8. The Morgan fingerprint density at radius 2 is 0.675 bits per heavy atom. The zero-order valence-corrected chi connectivity index (χ0v) is 51.6. The summed E-state index contributed by atoms with van der Waals surface area (Å²) in [4.78, 5) is 35.3. The number of allylic oxidation sites excluding steroid dienone is 8. The number of phosphoric acid groups is 1. The predicted octanol–water partition coefficient (Wildman–Crippen LogP) is 21.3. The van der Waals surface area contributed by atoms with Crippen molar-refractivity contribution in [2.75, 3.05) is 26.4 Å². The van der Waals surface area contributed by atoms with Crippen molar-refractivity contribution < 1.29 is 37.6 Å². The third-order valence-corrected chi connectivity index (χ3v) is 15.7. The van der Waals surface area contributed by atoms with Crippen LogP contribution in [0.2, 0.25) is 0 Å². The SMILES string of the molecule is CCCCCCC/C=C\C/C=C\C/C=C\CCCCCCCCC(=O)OC(COC(=O)CCCCCCCCCCCCCCCCCCCCCCCCC/C=C\CCCCCCCCCC)COP(=O)(O)OCCN. The molecule has 2 atom stereocenters. The Hall–Kier alpha value is -2.03. The van der Waals surface area contributed by atoms with Crippen molar-refractivity contribution in [3.63, 3.8) is 0 Å². The maximum Gasteiger partial charge on any atom is 0.472 e. The summed E-state index contributed by atoms with van der Waals surface area (Å²) < 4.78 is 33.1. The smallest absolute Gasteiger partial charge is 0.462 e. The van der Waals surface area contributed by atoms with E-state index in [9.17, 15) is 19.0 Å². The lowest BCUT2D eigenvalue weighted by Crippen LogP contribution is -2.29. The summed E-state index contributed by atoms with van der Waals surface area (Å²) >= 11 is 0. The molecule has 0 rings (SSSR count). The first-order valence-electron chi connectivity index (χ1n) is 33.1. The summed E-state index contributed by atoms with van der Waals surface area (Å²) in [5.74, 6) is -0.828. The van der Waals surface area contributed by atoms with E-state index >= 15 is 0 Å². The normalized spacial score (nSPS) is 13.2. The number of carbonyl (C=O) groups excluding carboxylic acids is 2. The molecule has 10 heteroatoms. The highest BCUT2D eigenvalue weighted by Crippen LogP contribution is 2.43. The maximum absolute atomic E-state index is 12.7. The molecule has 2 unspecified atom stereocenters. The van der Waals surface area contributed by atoms with Gasteiger partial charge in [-0.2, -0.15) is 0 Å². The number of nitrogens with two attached hydrogens (primary N) is 1. The Morgan fingerprint density at radius 1 is 0.390 bits per heavy atom. The van der Waals surface area contributed by atoms with E-state index in [0.29, 0.717) is 6.42 Å². The van der Waals surface area contributed by atoms with Crippen LogP contribution in [-0.4, -0.2) is 49.3 Å². The summed E-state index contributed by atoms with van der Waals surface area (Å²) in [5.41, 5.74) is 5.39. The number of ether oxygens (including phenoxy) is 2. The van der Waals surface area contributed by atoms with Crippen molar-refractivity contribution in [1.82, 2.24) is 0 Å². The number of esters is 2. The molecule has 9 nitrogen and oxygen atoms in total. The molecule has 0 radical (unpaired) electrons. The number of carbonyl (C=O) groups is 2. The molecule has 0 bridgehead atoms. The van der Waals surface area contributed by atoms with Crippen molar-refractivity contribution in [2.45, 2.75) is 341 Å². The maximum atomic E-state index is 12.7. The van der Waals surface area contributed by atoms with Crippen LogP contribution < -0.4 is 5.73 Å². The third kappa shape index (κ3) is 63.0. The molecular formula is C67H126NO8P. The zero-order chi connectivity index (χ0) is 55.9. The van der Waals surface area contributed by atoms with Crippen LogP contribution in [-0.2, 0) is 32.7 Å². The summed E-state index contributed by atoms with van der Waals surface area (Å²) in [6.07, 6.45) is 79.2. The van der Waals surface area contributed by atoms with Gasteiger partial charge in [0.1, 0.15) is 6.61 Å². The molecule has 0 saturated carbocycles. The quantitative estimate of drug-likeness (QED) is 0.0264. The Morgan fingerprint density at radius 3 is 1.01 bits per heavy atom. The van der Waals surface area contributed by atoms with Crippen molar-refractivity contribution in [3.05, 3.63) is 48.6 Å². The van der Waals surface area contributed by atoms with Crippen LogP contribution >= 0.6 is 7.82 Å². The van der Waals surface area contributed by atoms with Crippen LogP contribution in [0.25, 0.3) is 0 Å². The van der Waals surface area contributed by atoms with Crippen LogP contribution in [0, 0.1) is 0 Å². The van der Waals surface area contributed by atoms with Gasteiger partial charge >= 0.3 is 19.8 Å². The van der Waals surface area contributed by atoms with Crippen molar-refractivity contribution >= 4 is 19.8 Å². The molecule has 0 saturated heterocycles. The minimum atomic E-state index is -4.39. The molecule has 0 spiro atoms. The fraction of sp³-hybridized carbons (Fsp3) is 0.851. The standard InChI is InChI=1S/C67H126NO8P/c1-3-5-7-9-11-13-15-17-19-21-23-25-26-27-28-29-30-31-32-33-34-35-36-37-38-40-41-43-45-47-49-51-53-55-57-59-66(69)73-63-65(64-75-77(71,72)74-62-61-68)76-67(70)60-58-56-54-52-50-48-46-44-42-39-24-22-20-18-16-14-12-10-8-6-4-2/h16,18,21-24,42,44,65H,3-15,17,19-20,25-41,43,45-64,68H2,1-2H3,(H,71,72)/b18-16-,23-21-,24-22-,44-42-. The lowest BCUT2D eigenvalue weighted by Gasteiger charge is -2.19. The minimum Gasteiger partial charge on any atom is -0.462 e. The van der Waals surface area contributed by atoms with E-state index in [0.717, 1.165) is 70.6 Å². The minimum absolute atomic E-state index is 0.0512. The summed E-state index contributed by atoms with van der Waals surface area (Å²) in [7, 11) is -4.39. The number of unbranched alkanes of at least 4 members (excludes halogenated alkanes) is 42. The van der Waals surface area contributed by atoms with Crippen LogP contribution in [0.5, 0.6) is 0 Å². The zero-order valence-electron chi connectivity index (χ0n) is 50.7. The van der Waals surface area contributed by atoms with E-state index in [2.05, 4.69) is 62.5 Å². The highest BCUT2D eigenvalue weighted by molar-refractivity contribution is 7.47. The second kappa shape index (κ2) is 63.2. The predicted molar refractivity (Wildman–Crippen MR) is 330 cm³/mol. The van der Waals surface area contributed by atoms with Gasteiger partial charge < -0.3 is 20.1 Å². The molecule has 0 fully saturated rings. The van der Waals surface area contributed by atoms with Crippen LogP contribution in [0.1, 0.15) is 335 Å². The summed E-state index contributed by atoms with van der Waals surface area (Å²) in [6.45, 7) is 3.76. The van der Waals surface area contributed by atoms with Crippen LogP contribution in [0.3, 0.4) is 0 Å².